The van der Waals surface area contributed by atoms with Crippen LogP contribution in [-0.2, 0) is 4.79 Å². The van der Waals surface area contributed by atoms with Gasteiger partial charge in [-0.2, -0.15) is 0 Å². The predicted octanol–water partition coefficient (Wildman–Crippen LogP) is 3.18. The number of hydrogen-bond donors (Lipinski definition) is 2. The van der Waals surface area contributed by atoms with Crippen LogP contribution in [-0.4, -0.2) is 24.6 Å². The van der Waals surface area contributed by atoms with Crippen LogP contribution in [0.15, 0.2) is 24.3 Å². The lowest BCUT2D eigenvalue weighted by Gasteiger charge is -2.31. The van der Waals surface area contributed by atoms with Crippen LogP contribution in [0, 0.1) is 5.82 Å². The van der Waals surface area contributed by atoms with Gasteiger partial charge in [-0.15, -0.1) is 12.4 Å². The van der Waals surface area contributed by atoms with Crippen molar-refractivity contribution in [1.29, 1.82) is 0 Å². The molecule has 23 heavy (non-hydrogen) atoms. The van der Waals surface area contributed by atoms with Crippen molar-refractivity contribution in [3.05, 3.63) is 30.1 Å². The molecule has 1 aromatic rings. The topological polar surface area (TPSA) is 64.4 Å². The third-order valence-electron chi connectivity index (χ3n) is 4.14. The molecular formula is C17H26ClFN2O2. The fourth-order valence-electron chi connectivity index (χ4n) is 2.74. The summed E-state index contributed by atoms with van der Waals surface area (Å²) in [6, 6.07) is 5.97. The van der Waals surface area contributed by atoms with Gasteiger partial charge in [-0.1, -0.05) is 19.3 Å². The molecule has 0 spiro atoms. The minimum Gasteiger partial charge on any atom is -0.494 e. The van der Waals surface area contributed by atoms with E-state index >= 15 is 0 Å². The second-order valence-electron chi connectivity index (χ2n) is 5.98. The van der Waals surface area contributed by atoms with Gasteiger partial charge >= 0.3 is 0 Å². The van der Waals surface area contributed by atoms with Gasteiger partial charge in [0.25, 0.3) is 0 Å². The minimum absolute atomic E-state index is 0. The van der Waals surface area contributed by atoms with Crippen LogP contribution in [0.1, 0.15) is 44.9 Å². The predicted molar refractivity (Wildman–Crippen MR) is 91.4 cm³/mol. The molecule has 1 fully saturated rings. The molecule has 2 rings (SSSR count). The highest BCUT2D eigenvalue weighted by atomic mass is 35.5. The molecule has 1 aliphatic carbocycles. The van der Waals surface area contributed by atoms with E-state index in [0.717, 1.165) is 38.5 Å². The lowest BCUT2D eigenvalue weighted by atomic mass is 9.82. The van der Waals surface area contributed by atoms with Crippen LogP contribution in [0.25, 0.3) is 0 Å². The number of rotatable bonds is 7. The van der Waals surface area contributed by atoms with Gasteiger partial charge in [0.15, 0.2) is 0 Å². The number of carbonyl (C=O) groups is 1. The number of benzene rings is 1. The molecule has 4 nitrogen and oxygen atoms in total. The van der Waals surface area contributed by atoms with E-state index in [1.54, 1.807) is 12.1 Å². The molecule has 130 valence electrons. The summed E-state index contributed by atoms with van der Waals surface area (Å²) >= 11 is 0. The van der Waals surface area contributed by atoms with E-state index in [4.69, 9.17) is 10.5 Å². The lowest BCUT2D eigenvalue weighted by molar-refractivity contribution is -0.127. The van der Waals surface area contributed by atoms with E-state index in [1.807, 2.05) is 0 Å². The quantitative estimate of drug-likeness (QED) is 0.747. The van der Waals surface area contributed by atoms with Gasteiger partial charge in [0, 0.05) is 6.54 Å². The maximum atomic E-state index is 12.7. The standard InChI is InChI=1S/C17H25FN2O2.ClH/c18-14-6-8-15(9-7-14)22-13-5-4-12-20-16(21)17(19)10-2-1-3-11-17;/h6-9H,1-5,10-13,19H2,(H,20,21);1H. The largest absolute Gasteiger partial charge is 0.494 e. The average molecular weight is 345 g/mol. The fourth-order valence-corrected chi connectivity index (χ4v) is 2.74. The Morgan fingerprint density at radius 1 is 1.17 bits per heavy atom. The first-order valence-corrected chi connectivity index (χ1v) is 8.06. The molecular weight excluding hydrogens is 319 g/mol. The average Bonchev–Trinajstić information content (AvgIpc) is 2.53. The molecule has 0 radical (unpaired) electrons. The zero-order valence-corrected chi connectivity index (χ0v) is 14.2. The van der Waals surface area contributed by atoms with Crippen LogP contribution >= 0.6 is 12.4 Å². The van der Waals surface area contributed by atoms with Crippen molar-refractivity contribution in [3.63, 3.8) is 0 Å². The van der Waals surface area contributed by atoms with Crippen molar-refractivity contribution in [2.24, 2.45) is 5.73 Å². The zero-order valence-electron chi connectivity index (χ0n) is 13.4. The Morgan fingerprint density at radius 2 is 1.83 bits per heavy atom. The Hall–Kier alpha value is -1.33. The van der Waals surface area contributed by atoms with E-state index in [9.17, 15) is 9.18 Å². The van der Waals surface area contributed by atoms with Gasteiger partial charge in [0.05, 0.1) is 12.1 Å². The normalized spacial score (nSPS) is 16.3. The number of hydrogen-bond acceptors (Lipinski definition) is 3. The maximum Gasteiger partial charge on any atom is 0.240 e. The Labute approximate surface area is 143 Å². The molecule has 0 aromatic heterocycles. The molecule has 0 atom stereocenters. The molecule has 0 bridgehead atoms. The maximum absolute atomic E-state index is 12.7. The number of carbonyl (C=O) groups excluding carboxylic acids is 1. The Balaban J connectivity index is 0.00000264. The molecule has 6 heteroatoms. The number of ether oxygens (including phenoxy) is 1. The van der Waals surface area contributed by atoms with E-state index in [2.05, 4.69) is 5.32 Å². The molecule has 0 saturated heterocycles. The summed E-state index contributed by atoms with van der Waals surface area (Å²) < 4.78 is 18.2. The molecule has 1 aromatic carbocycles. The molecule has 0 unspecified atom stereocenters. The lowest BCUT2D eigenvalue weighted by Crippen LogP contribution is -2.55. The molecule has 1 saturated carbocycles. The van der Waals surface area contributed by atoms with Crippen molar-refractivity contribution in [3.8, 4) is 5.75 Å². The molecule has 0 aliphatic heterocycles. The summed E-state index contributed by atoms with van der Waals surface area (Å²) in [5.41, 5.74) is 5.50. The van der Waals surface area contributed by atoms with Crippen LogP contribution in [0.3, 0.4) is 0 Å². The van der Waals surface area contributed by atoms with Gasteiger partial charge in [-0.05, 0) is 49.9 Å². The van der Waals surface area contributed by atoms with Gasteiger partial charge < -0.3 is 15.8 Å². The fraction of sp³-hybridized carbons (Fsp3) is 0.588. The highest BCUT2D eigenvalue weighted by Gasteiger charge is 2.34. The summed E-state index contributed by atoms with van der Waals surface area (Å²) in [6.07, 6.45) is 6.48. The molecule has 3 N–H and O–H groups in total. The Kier molecular flexibility index (Phi) is 8.34. The number of nitrogens with two attached hydrogens (primary N) is 1. The highest BCUT2D eigenvalue weighted by molar-refractivity contribution is 5.86. The molecule has 1 amide bonds. The zero-order chi connectivity index (χ0) is 15.8. The smallest absolute Gasteiger partial charge is 0.240 e. The van der Waals surface area contributed by atoms with Crippen LogP contribution in [0.4, 0.5) is 4.39 Å². The monoisotopic (exact) mass is 344 g/mol. The van der Waals surface area contributed by atoms with E-state index in [-0.39, 0.29) is 24.1 Å². The summed E-state index contributed by atoms with van der Waals surface area (Å²) in [5.74, 6) is 0.369. The van der Waals surface area contributed by atoms with Crippen molar-refractivity contribution >= 4 is 18.3 Å². The van der Waals surface area contributed by atoms with E-state index < -0.39 is 5.54 Å². The molecule has 0 heterocycles. The second kappa shape index (κ2) is 9.73. The van der Waals surface area contributed by atoms with E-state index in [1.165, 1.54) is 18.6 Å². The summed E-state index contributed by atoms with van der Waals surface area (Å²) in [4.78, 5) is 12.1. The van der Waals surface area contributed by atoms with Gasteiger partial charge in [-0.25, -0.2) is 4.39 Å². The third kappa shape index (κ3) is 6.36. The molecule has 1 aliphatic rings. The van der Waals surface area contributed by atoms with Crippen molar-refractivity contribution in [1.82, 2.24) is 5.32 Å². The first-order valence-electron chi connectivity index (χ1n) is 8.06. The SMILES string of the molecule is Cl.NC1(C(=O)NCCCCOc2ccc(F)cc2)CCCCC1. The first kappa shape index (κ1) is 19.7. The third-order valence-corrected chi connectivity index (χ3v) is 4.14. The summed E-state index contributed by atoms with van der Waals surface area (Å²) in [6.45, 7) is 1.17. The second-order valence-corrected chi connectivity index (χ2v) is 5.98. The van der Waals surface area contributed by atoms with E-state index in [0.29, 0.717) is 18.9 Å². The van der Waals surface area contributed by atoms with Gasteiger partial charge in [0.2, 0.25) is 5.91 Å². The number of halogens is 2. The van der Waals surface area contributed by atoms with Crippen LogP contribution in [0.2, 0.25) is 0 Å². The van der Waals surface area contributed by atoms with Gasteiger partial charge in [0.1, 0.15) is 11.6 Å². The van der Waals surface area contributed by atoms with Crippen molar-refractivity contribution in [2.75, 3.05) is 13.2 Å². The summed E-state index contributed by atoms with van der Waals surface area (Å²) in [5, 5.41) is 2.93. The van der Waals surface area contributed by atoms with Gasteiger partial charge in [-0.3, -0.25) is 4.79 Å². The van der Waals surface area contributed by atoms with Crippen molar-refractivity contribution < 1.29 is 13.9 Å². The number of unbranched alkanes of at least 4 members (excludes halogenated alkanes) is 1. The Morgan fingerprint density at radius 3 is 2.48 bits per heavy atom. The minimum atomic E-state index is -0.664. The Bertz CT molecular complexity index is 476. The summed E-state index contributed by atoms with van der Waals surface area (Å²) in [7, 11) is 0. The van der Waals surface area contributed by atoms with Crippen molar-refractivity contribution in [2.45, 2.75) is 50.5 Å². The number of nitrogens with one attached hydrogen (secondary N) is 1. The number of amides is 1. The first-order chi connectivity index (χ1) is 10.6. The van der Waals surface area contributed by atoms with Crippen LogP contribution in [0.5, 0.6) is 5.75 Å². The van der Waals surface area contributed by atoms with Crippen LogP contribution < -0.4 is 15.8 Å². The highest BCUT2D eigenvalue weighted by Crippen LogP contribution is 2.25.